The van der Waals surface area contributed by atoms with Gasteiger partial charge in [-0.15, -0.1) is 0 Å². The summed E-state index contributed by atoms with van der Waals surface area (Å²) in [4.78, 5) is 32.2. The number of sulfonamides is 1. The smallest absolute Gasteiger partial charge is 0.242 e. The van der Waals surface area contributed by atoms with Crippen LogP contribution < -0.4 is 10.0 Å². The highest BCUT2D eigenvalue weighted by molar-refractivity contribution is 7.89. The van der Waals surface area contributed by atoms with E-state index in [1.54, 1.807) is 11.0 Å². The zero-order valence-electron chi connectivity index (χ0n) is 17.5. The summed E-state index contributed by atoms with van der Waals surface area (Å²) < 4.78 is 26.8. The average Bonchev–Trinajstić information content (AvgIpc) is 2.76. The number of carbonyl (C=O) groups is 2. The normalized spacial score (nSPS) is 14.9. The fourth-order valence-electron chi connectivity index (χ4n) is 3.24. The Kier molecular flexibility index (Phi) is 7.72. The van der Waals surface area contributed by atoms with Crippen LogP contribution in [0.2, 0.25) is 0 Å². The van der Waals surface area contributed by atoms with Crippen molar-refractivity contribution >= 4 is 27.5 Å². The van der Waals surface area contributed by atoms with Crippen LogP contribution in [0.4, 0.5) is 5.69 Å². The lowest BCUT2D eigenvalue weighted by Gasteiger charge is -2.34. The predicted octanol–water partition coefficient (Wildman–Crippen LogP) is 0.841. The summed E-state index contributed by atoms with van der Waals surface area (Å²) in [5.74, 6) is -0.203. The Morgan fingerprint density at radius 1 is 1.06 bits per heavy atom. The number of aromatic nitrogens is 1. The molecule has 0 unspecified atom stereocenters. The third-order valence-electron chi connectivity index (χ3n) is 5.00. The molecule has 1 saturated heterocycles. The molecule has 1 aliphatic rings. The molecular formula is C21H27N5O4S. The molecule has 10 heteroatoms. The molecule has 0 saturated carbocycles. The fraction of sp³-hybridized carbons (Fsp3) is 0.381. The molecule has 166 valence electrons. The molecule has 3 rings (SSSR count). The summed E-state index contributed by atoms with van der Waals surface area (Å²) in [7, 11) is -3.67. The Balaban J connectivity index is 1.37. The van der Waals surface area contributed by atoms with Gasteiger partial charge < -0.3 is 10.2 Å². The third-order valence-corrected chi connectivity index (χ3v) is 6.45. The van der Waals surface area contributed by atoms with Gasteiger partial charge in [0.25, 0.3) is 0 Å². The number of carbonyl (C=O) groups excluding carboxylic acids is 2. The minimum atomic E-state index is -3.67. The van der Waals surface area contributed by atoms with Gasteiger partial charge in [0.2, 0.25) is 21.8 Å². The largest absolute Gasteiger partial charge is 0.340 e. The van der Waals surface area contributed by atoms with Gasteiger partial charge >= 0.3 is 0 Å². The maximum atomic E-state index is 12.4. The van der Waals surface area contributed by atoms with E-state index in [1.807, 2.05) is 36.1 Å². The number of anilines is 1. The first-order valence-electron chi connectivity index (χ1n) is 10.1. The van der Waals surface area contributed by atoms with Gasteiger partial charge in [-0.05, 0) is 31.2 Å². The van der Waals surface area contributed by atoms with E-state index in [4.69, 9.17) is 0 Å². The molecule has 0 spiro atoms. The van der Waals surface area contributed by atoms with E-state index in [9.17, 15) is 18.0 Å². The van der Waals surface area contributed by atoms with Crippen LogP contribution in [-0.4, -0.2) is 74.3 Å². The SMILES string of the molecule is Cc1ccc(NC(=O)CN2CCN(C(=O)CCNS(=O)(=O)c3cccnc3)CC2)cc1. The number of pyridine rings is 1. The van der Waals surface area contributed by atoms with Crippen molar-refractivity contribution in [1.29, 1.82) is 0 Å². The first-order valence-corrected chi connectivity index (χ1v) is 11.6. The topological polar surface area (TPSA) is 112 Å². The van der Waals surface area contributed by atoms with Crippen molar-refractivity contribution < 1.29 is 18.0 Å². The van der Waals surface area contributed by atoms with E-state index < -0.39 is 10.0 Å². The monoisotopic (exact) mass is 445 g/mol. The van der Waals surface area contributed by atoms with Crippen molar-refractivity contribution in [2.45, 2.75) is 18.2 Å². The summed E-state index contributed by atoms with van der Waals surface area (Å²) in [6.07, 6.45) is 2.83. The summed E-state index contributed by atoms with van der Waals surface area (Å²) >= 11 is 0. The Bertz CT molecular complexity index is 988. The molecule has 0 bridgehead atoms. The molecule has 1 aromatic carbocycles. The molecule has 2 heterocycles. The minimum absolute atomic E-state index is 0.0230. The van der Waals surface area contributed by atoms with E-state index in [2.05, 4.69) is 15.0 Å². The average molecular weight is 446 g/mol. The molecule has 1 aliphatic heterocycles. The highest BCUT2D eigenvalue weighted by Gasteiger charge is 2.23. The van der Waals surface area contributed by atoms with E-state index in [1.165, 1.54) is 18.5 Å². The maximum Gasteiger partial charge on any atom is 0.242 e. The number of rotatable bonds is 8. The highest BCUT2D eigenvalue weighted by Crippen LogP contribution is 2.10. The summed E-state index contributed by atoms with van der Waals surface area (Å²) in [5, 5.41) is 2.88. The lowest BCUT2D eigenvalue weighted by molar-refractivity contribution is -0.132. The molecule has 1 fully saturated rings. The van der Waals surface area contributed by atoms with Gasteiger partial charge in [-0.3, -0.25) is 19.5 Å². The Hall–Kier alpha value is -2.82. The Labute approximate surface area is 182 Å². The van der Waals surface area contributed by atoms with Crippen molar-refractivity contribution in [2.24, 2.45) is 0 Å². The molecule has 1 aromatic heterocycles. The molecule has 2 aromatic rings. The zero-order chi connectivity index (χ0) is 22.3. The summed E-state index contributed by atoms with van der Waals surface area (Å²) in [6.45, 7) is 4.47. The molecule has 0 radical (unpaired) electrons. The lowest BCUT2D eigenvalue weighted by atomic mass is 10.2. The number of nitrogens with one attached hydrogen (secondary N) is 2. The standard InChI is InChI=1S/C21H27N5O4S/c1-17-4-6-18(7-5-17)24-20(27)16-25-11-13-26(14-12-25)21(28)8-10-23-31(29,30)19-3-2-9-22-15-19/h2-7,9,15,23H,8,10-14,16H2,1H3,(H,24,27). The van der Waals surface area contributed by atoms with Crippen molar-refractivity contribution in [3.05, 3.63) is 54.4 Å². The van der Waals surface area contributed by atoms with Crippen LogP contribution in [0.1, 0.15) is 12.0 Å². The summed E-state index contributed by atoms with van der Waals surface area (Å²) in [5.41, 5.74) is 1.89. The van der Waals surface area contributed by atoms with E-state index >= 15 is 0 Å². The molecular weight excluding hydrogens is 418 g/mol. The van der Waals surface area contributed by atoms with Crippen molar-refractivity contribution in [3.63, 3.8) is 0 Å². The second-order valence-electron chi connectivity index (χ2n) is 7.41. The van der Waals surface area contributed by atoms with E-state index in [-0.39, 0.29) is 36.2 Å². The number of benzene rings is 1. The molecule has 31 heavy (non-hydrogen) atoms. The van der Waals surface area contributed by atoms with Crippen LogP contribution in [0, 0.1) is 6.92 Å². The predicted molar refractivity (Wildman–Crippen MR) is 117 cm³/mol. The second kappa shape index (κ2) is 10.5. The maximum absolute atomic E-state index is 12.4. The van der Waals surface area contributed by atoms with Crippen LogP contribution in [0.15, 0.2) is 53.7 Å². The lowest BCUT2D eigenvalue weighted by Crippen LogP contribution is -2.50. The van der Waals surface area contributed by atoms with Crippen molar-refractivity contribution in [2.75, 3.05) is 44.6 Å². The molecule has 0 aliphatic carbocycles. The number of hydrogen-bond acceptors (Lipinski definition) is 6. The quantitative estimate of drug-likeness (QED) is 0.623. The zero-order valence-corrected chi connectivity index (χ0v) is 18.3. The Morgan fingerprint density at radius 2 is 1.77 bits per heavy atom. The minimum Gasteiger partial charge on any atom is -0.340 e. The number of amides is 2. The van der Waals surface area contributed by atoms with Crippen LogP contribution in [-0.2, 0) is 19.6 Å². The van der Waals surface area contributed by atoms with Gasteiger partial charge in [-0.25, -0.2) is 13.1 Å². The van der Waals surface area contributed by atoms with Crippen LogP contribution in [0.3, 0.4) is 0 Å². The van der Waals surface area contributed by atoms with Crippen LogP contribution >= 0.6 is 0 Å². The number of piperazine rings is 1. The molecule has 9 nitrogen and oxygen atoms in total. The molecule has 2 amide bonds. The molecule has 2 N–H and O–H groups in total. The Morgan fingerprint density at radius 3 is 2.42 bits per heavy atom. The van der Waals surface area contributed by atoms with Crippen molar-refractivity contribution in [3.8, 4) is 0 Å². The van der Waals surface area contributed by atoms with Gasteiger partial charge in [0.1, 0.15) is 4.90 Å². The number of aryl methyl sites for hydroxylation is 1. The van der Waals surface area contributed by atoms with Gasteiger partial charge in [-0.2, -0.15) is 0 Å². The fourth-order valence-corrected chi connectivity index (χ4v) is 4.23. The molecule has 0 atom stereocenters. The van der Waals surface area contributed by atoms with Gasteiger partial charge in [0, 0.05) is 57.2 Å². The summed E-state index contributed by atoms with van der Waals surface area (Å²) in [6, 6.07) is 10.6. The third kappa shape index (κ3) is 6.84. The van der Waals surface area contributed by atoms with Gasteiger partial charge in [-0.1, -0.05) is 17.7 Å². The first kappa shape index (κ1) is 22.9. The highest BCUT2D eigenvalue weighted by atomic mass is 32.2. The van der Waals surface area contributed by atoms with Gasteiger partial charge in [0.05, 0.1) is 6.54 Å². The van der Waals surface area contributed by atoms with E-state index in [0.717, 1.165) is 11.3 Å². The first-order chi connectivity index (χ1) is 14.8. The number of nitrogens with zero attached hydrogens (tertiary/aromatic N) is 3. The van der Waals surface area contributed by atoms with Crippen molar-refractivity contribution in [1.82, 2.24) is 19.5 Å². The van der Waals surface area contributed by atoms with Crippen LogP contribution in [0.25, 0.3) is 0 Å². The van der Waals surface area contributed by atoms with Crippen LogP contribution in [0.5, 0.6) is 0 Å². The van der Waals surface area contributed by atoms with Gasteiger partial charge in [0.15, 0.2) is 0 Å². The van der Waals surface area contributed by atoms with E-state index in [0.29, 0.717) is 26.2 Å². The number of hydrogen-bond donors (Lipinski definition) is 2. The second-order valence-corrected chi connectivity index (χ2v) is 9.17.